The third kappa shape index (κ3) is 4.80. The van der Waals surface area contributed by atoms with Crippen molar-refractivity contribution in [2.24, 2.45) is 10.7 Å². The van der Waals surface area contributed by atoms with Gasteiger partial charge in [0.15, 0.2) is 5.17 Å². The van der Waals surface area contributed by atoms with Gasteiger partial charge in [0, 0.05) is 5.56 Å². The number of amidine groups is 1. The van der Waals surface area contributed by atoms with E-state index in [9.17, 15) is 24.8 Å². The number of hydrogen-bond donors (Lipinski definition) is 5. The summed E-state index contributed by atoms with van der Waals surface area (Å²) in [5.74, 6) is 0.0336. The molecular weight excluding hydrogens is 439 g/mol. The number of nitrogens with zero attached hydrogens (tertiary/aromatic N) is 1. The summed E-state index contributed by atoms with van der Waals surface area (Å²) in [6, 6.07) is 13.0. The lowest BCUT2D eigenvalue weighted by molar-refractivity contribution is -0.277. The topological polar surface area (TPSA) is 138 Å². The molecule has 6 atom stereocenters. The molecule has 6 N–H and O–H groups in total. The van der Waals surface area contributed by atoms with Crippen LogP contribution in [-0.4, -0.2) is 62.9 Å². The molecule has 1 unspecified atom stereocenters. The highest BCUT2D eigenvalue weighted by atomic mass is 32.2. The van der Waals surface area contributed by atoms with E-state index in [0.29, 0.717) is 16.6 Å². The minimum atomic E-state index is -1.51. The van der Waals surface area contributed by atoms with Crippen LogP contribution >= 0.6 is 11.8 Å². The molecule has 170 valence electrons. The standard InChI is InChI=1S/C22H23FN2O6S/c23-13-5-1-11(2-6-13)15-9-17(32-22(24)25-15)12-3-7-14(8-4-12)30-21-20(29)19(28)18(27)16(10-26)31-21/h1-9,16-21,26-29H,10H2,(H2,24,25)/t16-,17?,18-,19-,20-,21-/m1/s1. The predicted octanol–water partition coefficient (Wildman–Crippen LogP) is 1.15. The number of benzene rings is 2. The zero-order valence-electron chi connectivity index (χ0n) is 16.8. The van der Waals surface area contributed by atoms with E-state index in [-0.39, 0.29) is 11.1 Å². The van der Waals surface area contributed by atoms with Crippen LogP contribution in [0.1, 0.15) is 16.4 Å². The first-order valence-corrected chi connectivity index (χ1v) is 10.8. The first-order valence-electron chi connectivity index (χ1n) is 9.91. The third-order valence-corrected chi connectivity index (χ3v) is 6.23. The van der Waals surface area contributed by atoms with Gasteiger partial charge in [-0.3, -0.25) is 0 Å². The smallest absolute Gasteiger partial charge is 0.229 e. The fraction of sp³-hybridized carbons (Fsp3) is 0.318. The highest BCUT2D eigenvalue weighted by Gasteiger charge is 2.44. The lowest BCUT2D eigenvalue weighted by atomic mass is 9.99. The highest BCUT2D eigenvalue weighted by Crippen LogP contribution is 2.38. The Morgan fingerprint density at radius 3 is 2.34 bits per heavy atom. The van der Waals surface area contributed by atoms with E-state index in [4.69, 9.17) is 15.2 Å². The number of rotatable bonds is 5. The maximum atomic E-state index is 13.2. The Labute approximate surface area is 187 Å². The van der Waals surface area contributed by atoms with E-state index < -0.39 is 37.3 Å². The Bertz CT molecular complexity index is 998. The third-order valence-electron chi connectivity index (χ3n) is 5.24. The highest BCUT2D eigenvalue weighted by molar-refractivity contribution is 8.14. The average molecular weight is 462 g/mol. The predicted molar refractivity (Wildman–Crippen MR) is 117 cm³/mol. The van der Waals surface area contributed by atoms with Crippen LogP contribution in [0.5, 0.6) is 5.75 Å². The second-order valence-electron chi connectivity index (χ2n) is 7.43. The molecule has 2 aromatic carbocycles. The first-order chi connectivity index (χ1) is 15.4. The molecule has 2 aliphatic rings. The second-order valence-corrected chi connectivity index (χ2v) is 8.59. The average Bonchev–Trinajstić information content (AvgIpc) is 2.80. The molecule has 0 saturated carbocycles. The molecule has 1 saturated heterocycles. The van der Waals surface area contributed by atoms with E-state index >= 15 is 0 Å². The molecule has 32 heavy (non-hydrogen) atoms. The van der Waals surface area contributed by atoms with Crippen molar-refractivity contribution in [3.8, 4) is 5.75 Å². The lowest BCUT2D eigenvalue weighted by Crippen LogP contribution is -2.60. The minimum absolute atomic E-state index is 0.131. The second kappa shape index (κ2) is 9.57. The summed E-state index contributed by atoms with van der Waals surface area (Å²) < 4.78 is 24.2. The lowest BCUT2D eigenvalue weighted by Gasteiger charge is -2.39. The van der Waals surface area contributed by atoms with Gasteiger partial charge in [0.05, 0.1) is 17.6 Å². The van der Waals surface area contributed by atoms with Crippen LogP contribution in [0.3, 0.4) is 0 Å². The maximum Gasteiger partial charge on any atom is 0.229 e. The molecule has 8 nitrogen and oxygen atoms in total. The Morgan fingerprint density at radius 2 is 1.69 bits per heavy atom. The van der Waals surface area contributed by atoms with Crippen molar-refractivity contribution >= 4 is 22.6 Å². The van der Waals surface area contributed by atoms with Crippen LogP contribution in [0.15, 0.2) is 59.6 Å². The monoisotopic (exact) mass is 462 g/mol. The Kier molecular flexibility index (Phi) is 6.79. The van der Waals surface area contributed by atoms with E-state index in [2.05, 4.69) is 4.99 Å². The number of thioether (sulfide) groups is 1. The van der Waals surface area contributed by atoms with Gasteiger partial charge >= 0.3 is 0 Å². The van der Waals surface area contributed by atoms with Crippen LogP contribution < -0.4 is 10.5 Å². The van der Waals surface area contributed by atoms with Gasteiger partial charge in [-0.15, -0.1) is 0 Å². The number of aliphatic hydroxyl groups is 4. The van der Waals surface area contributed by atoms with Crippen molar-refractivity contribution in [2.45, 2.75) is 36.0 Å². The Morgan fingerprint density at radius 1 is 1.00 bits per heavy atom. The van der Waals surface area contributed by atoms with Crippen LogP contribution in [-0.2, 0) is 4.74 Å². The first kappa shape index (κ1) is 22.7. The number of nitrogens with two attached hydrogens (primary N) is 1. The van der Waals surface area contributed by atoms with Gasteiger partial charge in [0.25, 0.3) is 0 Å². The molecule has 0 bridgehead atoms. The van der Waals surface area contributed by atoms with E-state index in [1.807, 2.05) is 18.2 Å². The molecule has 10 heteroatoms. The van der Waals surface area contributed by atoms with Crippen molar-refractivity contribution in [2.75, 3.05) is 6.61 Å². The van der Waals surface area contributed by atoms with Crippen molar-refractivity contribution in [1.82, 2.24) is 0 Å². The number of halogens is 1. The molecule has 2 aliphatic heterocycles. The molecule has 0 spiro atoms. The van der Waals surface area contributed by atoms with Gasteiger partial charge in [0.1, 0.15) is 36.0 Å². The van der Waals surface area contributed by atoms with Gasteiger partial charge in [-0.2, -0.15) is 0 Å². The van der Waals surface area contributed by atoms with Gasteiger partial charge in [-0.1, -0.05) is 23.9 Å². The van der Waals surface area contributed by atoms with Gasteiger partial charge in [-0.05, 0) is 48.0 Å². The number of hydrogen-bond acceptors (Lipinski definition) is 9. The molecule has 0 amide bonds. The van der Waals surface area contributed by atoms with Gasteiger partial charge in [-0.25, -0.2) is 9.38 Å². The molecule has 0 aromatic heterocycles. The zero-order valence-corrected chi connectivity index (χ0v) is 17.6. The molecule has 2 aromatic rings. The summed E-state index contributed by atoms with van der Waals surface area (Å²) >= 11 is 1.37. The summed E-state index contributed by atoms with van der Waals surface area (Å²) in [5, 5.41) is 39.4. The fourth-order valence-corrected chi connectivity index (χ4v) is 4.37. The Balaban J connectivity index is 1.48. The van der Waals surface area contributed by atoms with Gasteiger partial charge < -0.3 is 35.6 Å². The SMILES string of the molecule is NC1=NC(c2ccc(F)cc2)=CC(c2ccc(O[C@@H]3O[C@H](CO)[C@@H](O)[C@@H](O)[C@H]3O)cc2)S1. The van der Waals surface area contributed by atoms with Crippen LogP contribution in [0.4, 0.5) is 4.39 Å². The number of aliphatic hydroxyl groups excluding tert-OH is 4. The zero-order chi connectivity index (χ0) is 22.8. The van der Waals surface area contributed by atoms with E-state index in [0.717, 1.165) is 11.1 Å². The maximum absolute atomic E-state index is 13.2. The molecule has 0 aliphatic carbocycles. The quantitative estimate of drug-likeness (QED) is 0.446. The van der Waals surface area contributed by atoms with Gasteiger partial charge in [0.2, 0.25) is 6.29 Å². The molecular formula is C22H23FN2O6S. The van der Waals surface area contributed by atoms with E-state index in [1.54, 1.807) is 24.3 Å². The summed E-state index contributed by atoms with van der Waals surface area (Å²) in [5.41, 5.74) is 8.31. The van der Waals surface area contributed by atoms with E-state index in [1.165, 1.54) is 23.9 Å². The fourth-order valence-electron chi connectivity index (χ4n) is 3.47. The Hall–Kier alpha value is -2.47. The van der Waals surface area contributed by atoms with Crippen LogP contribution in [0.2, 0.25) is 0 Å². The molecule has 4 rings (SSSR count). The summed E-state index contributed by atoms with van der Waals surface area (Å²) in [6.07, 6.45) is -4.82. The van der Waals surface area contributed by atoms with Crippen molar-refractivity contribution in [1.29, 1.82) is 0 Å². The number of aliphatic imine (C=N–C) groups is 1. The summed E-state index contributed by atoms with van der Waals surface area (Å²) in [6.45, 7) is -0.533. The van der Waals surface area contributed by atoms with Crippen molar-refractivity contribution in [3.63, 3.8) is 0 Å². The number of ether oxygens (including phenoxy) is 2. The van der Waals surface area contributed by atoms with Crippen LogP contribution in [0, 0.1) is 5.82 Å². The molecule has 2 heterocycles. The molecule has 0 radical (unpaired) electrons. The van der Waals surface area contributed by atoms with Crippen molar-refractivity contribution in [3.05, 3.63) is 71.6 Å². The summed E-state index contributed by atoms with van der Waals surface area (Å²) in [4.78, 5) is 4.35. The van der Waals surface area contributed by atoms with Crippen molar-refractivity contribution < 1.29 is 34.3 Å². The minimum Gasteiger partial charge on any atom is -0.462 e. The largest absolute Gasteiger partial charge is 0.462 e. The molecule has 1 fully saturated rings. The summed E-state index contributed by atoms with van der Waals surface area (Å²) in [7, 11) is 0. The van der Waals surface area contributed by atoms with Crippen LogP contribution in [0.25, 0.3) is 5.70 Å². The normalized spacial score (nSPS) is 30.4.